The summed E-state index contributed by atoms with van der Waals surface area (Å²) >= 11 is 1.28. The number of methoxy groups -OCH3 is 1. The zero-order valence-corrected chi connectivity index (χ0v) is 15.4. The maximum Gasteiger partial charge on any atom is 0.338 e. The van der Waals surface area contributed by atoms with Gasteiger partial charge in [-0.05, 0) is 24.6 Å². The third kappa shape index (κ3) is 4.62. The van der Waals surface area contributed by atoms with Crippen molar-refractivity contribution in [1.82, 2.24) is 14.9 Å². The molecule has 1 aromatic heterocycles. The average molecular weight is 387 g/mol. The van der Waals surface area contributed by atoms with E-state index in [9.17, 15) is 14.4 Å². The Kier molecular flexibility index (Phi) is 6.02. The minimum atomic E-state index is -0.511. The van der Waals surface area contributed by atoms with Crippen molar-refractivity contribution in [2.24, 2.45) is 0 Å². The third-order valence-corrected chi connectivity index (χ3v) is 4.84. The maximum atomic E-state index is 12.2. The Morgan fingerprint density at radius 3 is 2.81 bits per heavy atom. The quantitative estimate of drug-likeness (QED) is 0.420. The van der Waals surface area contributed by atoms with Crippen LogP contribution in [0.25, 0.3) is 11.0 Å². The normalized spacial score (nSPS) is 15.4. The lowest BCUT2D eigenvalue weighted by molar-refractivity contribution is -0.134. The van der Waals surface area contributed by atoms with E-state index < -0.39 is 11.9 Å². The predicted molar refractivity (Wildman–Crippen MR) is 98.7 cm³/mol. The second kappa shape index (κ2) is 8.63. The van der Waals surface area contributed by atoms with Crippen molar-refractivity contribution >= 4 is 40.6 Å². The number of amides is 1. The molecular formula is C18H17N3O5S. The van der Waals surface area contributed by atoms with Gasteiger partial charge in [0.25, 0.3) is 0 Å². The van der Waals surface area contributed by atoms with Gasteiger partial charge in [-0.2, -0.15) is 0 Å². The van der Waals surface area contributed by atoms with Crippen LogP contribution in [0, 0.1) is 0 Å². The van der Waals surface area contributed by atoms with Gasteiger partial charge in [0.2, 0.25) is 5.91 Å². The number of fused-ring (bicyclic) bond motifs is 1. The summed E-state index contributed by atoms with van der Waals surface area (Å²) in [7, 11) is 1.28. The van der Waals surface area contributed by atoms with E-state index in [0.29, 0.717) is 34.6 Å². The van der Waals surface area contributed by atoms with E-state index in [0.717, 1.165) is 0 Å². The maximum absolute atomic E-state index is 12.2. The smallest absolute Gasteiger partial charge is 0.338 e. The van der Waals surface area contributed by atoms with Gasteiger partial charge in [-0.25, -0.2) is 9.59 Å². The molecule has 1 aliphatic heterocycles. The molecule has 0 unspecified atom stereocenters. The van der Waals surface area contributed by atoms with Crippen LogP contribution in [0.3, 0.4) is 0 Å². The molecule has 0 spiro atoms. The molecular weight excluding hydrogens is 370 g/mol. The van der Waals surface area contributed by atoms with E-state index in [1.54, 1.807) is 30.6 Å². The highest BCUT2D eigenvalue weighted by atomic mass is 32.2. The highest BCUT2D eigenvalue weighted by Crippen LogP contribution is 2.28. The van der Waals surface area contributed by atoms with Gasteiger partial charge in [0.1, 0.15) is 0 Å². The summed E-state index contributed by atoms with van der Waals surface area (Å²) in [5, 5.41) is 0.547. The molecule has 1 aromatic carbocycles. The van der Waals surface area contributed by atoms with Crippen LogP contribution in [0.5, 0.6) is 0 Å². The van der Waals surface area contributed by atoms with Crippen molar-refractivity contribution in [2.45, 2.75) is 6.42 Å². The number of esters is 2. The van der Waals surface area contributed by atoms with Gasteiger partial charge < -0.3 is 14.4 Å². The molecule has 27 heavy (non-hydrogen) atoms. The molecule has 8 nitrogen and oxygen atoms in total. The number of carbonyl (C=O) groups excluding carboxylic acids is 3. The Morgan fingerprint density at radius 1 is 1.26 bits per heavy atom. The monoisotopic (exact) mass is 387 g/mol. The standard InChI is InChI=1S/C18H17N3O5S/c1-25-17(23)10-16-21(15(22)11-27-16)7-2-8-26-18(24)12-3-4-13-14(9-12)20-6-5-19-13/h3-6,9-10H,2,7-8,11H2,1H3/b16-10+. The Labute approximate surface area is 159 Å². The summed E-state index contributed by atoms with van der Waals surface area (Å²) in [6.07, 6.45) is 4.88. The van der Waals surface area contributed by atoms with Crippen molar-refractivity contribution < 1.29 is 23.9 Å². The lowest BCUT2D eigenvalue weighted by Crippen LogP contribution is -2.27. The number of thioether (sulfide) groups is 1. The molecule has 0 atom stereocenters. The minimum absolute atomic E-state index is 0.0883. The van der Waals surface area contributed by atoms with Crippen LogP contribution in [0.4, 0.5) is 0 Å². The minimum Gasteiger partial charge on any atom is -0.466 e. The predicted octanol–water partition coefficient (Wildman–Crippen LogP) is 1.77. The van der Waals surface area contributed by atoms with Crippen LogP contribution >= 0.6 is 11.8 Å². The van der Waals surface area contributed by atoms with Gasteiger partial charge in [-0.1, -0.05) is 11.8 Å². The topological polar surface area (TPSA) is 98.7 Å². The molecule has 1 amide bonds. The molecule has 2 aromatic rings. The van der Waals surface area contributed by atoms with Crippen LogP contribution in [0.15, 0.2) is 41.7 Å². The van der Waals surface area contributed by atoms with E-state index in [-0.39, 0.29) is 18.3 Å². The molecule has 0 bridgehead atoms. The van der Waals surface area contributed by atoms with Crippen molar-refractivity contribution in [3.05, 3.63) is 47.3 Å². The third-order valence-electron chi connectivity index (χ3n) is 3.82. The van der Waals surface area contributed by atoms with Crippen LogP contribution in [0.2, 0.25) is 0 Å². The van der Waals surface area contributed by atoms with Crippen molar-refractivity contribution in [3.63, 3.8) is 0 Å². The lowest BCUT2D eigenvalue weighted by atomic mass is 10.2. The first-order valence-electron chi connectivity index (χ1n) is 8.19. The zero-order chi connectivity index (χ0) is 19.2. The van der Waals surface area contributed by atoms with Crippen LogP contribution in [0.1, 0.15) is 16.8 Å². The van der Waals surface area contributed by atoms with Gasteiger partial charge in [0, 0.05) is 18.9 Å². The Balaban J connectivity index is 1.52. The lowest BCUT2D eigenvalue weighted by Gasteiger charge is -2.16. The zero-order valence-electron chi connectivity index (χ0n) is 14.6. The Morgan fingerprint density at radius 2 is 2.04 bits per heavy atom. The van der Waals surface area contributed by atoms with E-state index in [1.165, 1.54) is 29.8 Å². The van der Waals surface area contributed by atoms with Gasteiger partial charge in [-0.3, -0.25) is 14.8 Å². The summed E-state index contributed by atoms with van der Waals surface area (Å²) in [6, 6.07) is 4.97. The van der Waals surface area contributed by atoms with E-state index >= 15 is 0 Å². The molecule has 140 valence electrons. The van der Waals surface area contributed by atoms with Crippen molar-refractivity contribution in [2.75, 3.05) is 26.0 Å². The van der Waals surface area contributed by atoms with Gasteiger partial charge in [0.05, 0.1) is 47.2 Å². The number of carbonyl (C=O) groups is 3. The SMILES string of the molecule is COC(=O)/C=C1/SCC(=O)N1CCCOC(=O)c1ccc2nccnc2c1. The number of aromatic nitrogens is 2. The number of rotatable bonds is 6. The highest BCUT2D eigenvalue weighted by Gasteiger charge is 2.27. The van der Waals surface area contributed by atoms with Crippen molar-refractivity contribution in [1.29, 1.82) is 0 Å². The summed E-state index contributed by atoms with van der Waals surface area (Å²) < 4.78 is 9.85. The number of hydrogen-bond donors (Lipinski definition) is 0. The first-order valence-corrected chi connectivity index (χ1v) is 9.18. The molecule has 9 heteroatoms. The van der Waals surface area contributed by atoms with Gasteiger partial charge in [-0.15, -0.1) is 0 Å². The number of ether oxygens (including phenoxy) is 2. The second-order valence-electron chi connectivity index (χ2n) is 5.59. The molecule has 1 fully saturated rings. The molecule has 0 saturated carbocycles. The Bertz CT molecular complexity index is 915. The van der Waals surface area contributed by atoms with Crippen molar-refractivity contribution in [3.8, 4) is 0 Å². The fourth-order valence-electron chi connectivity index (χ4n) is 2.49. The first kappa shape index (κ1) is 18.8. The van der Waals surface area contributed by atoms with E-state index in [4.69, 9.17) is 4.74 Å². The van der Waals surface area contributed by atoms with Crippen LogP contribution < -0.4 is 0 Å². The first-order chi connectivity index (χ1) is 13.1. The molecule has 1 saturated heterocycles. The summed E-state index contributed by atoms with van der Waals surface area (Å²) in [5.41, 5.74) is 1.70. The summed E-state index contributed by atoms with van der Waals surface area (Å²) in [4.78, 5) is 45.3. The molecule has 3 rings (SSSR count). The van der Waals surface area contributed by atoms with Gasteiger partial charge in [0.15, 0.2) is 0 Å². The van der Waals surface area contributed by atoms with E-state index in [1.807, 2.05) is 0 Å². The molecule has 0 aliphatic carbocycles. The number of nitrogens with zero attached hydrogens (tertiary/aromatic N) is 3. The molecule has 0 radical (unpaired) electrons. The fourth-order valence-corrected chi connectivity index (χ4v) is 3.45. The van der Waals surface area contributed by atoms with E-state index in [2.05, 4.69) is 14.7 Å². The number of benzene rings is 1. The van der Waals surface area contributed by atoms with Crippen LogP contribution in [-0.2, 0) is 19.1 Å². The molecule has 0 N–H and O–H groups in total. The second-order valence-corrected chi connectivity index (χ2v) is 6.58. The fraction of sp³-hybridized carbons (Fsp3) is 0.278. The average Bonchev–Trinajstić information content (AvgIpc) is 3.03. The van der Waals surface area contributed by atoms with Gasteiger partial charge >= 0.3 is 11.9 Å². The highest BCUT2D eigenvalue weighted by molar-refractivity contribution is 8.04. The summed E-state index contributed by atoms with van der Waals surface area (Å²) in [5.74, 6) is -0.784. The number of hydrogen-bond acceptors (Lipinski definition) is 8. The summed E-state index contributed by atoms with van der Waals surface area (Å²) in [6.45, 7) is 0.502. The molecule has 1 aliphatic rings. The Hall–Kier alpha value is -2.94. The molecule has 2 heterocycles. The largest absolute Gasteiger partial charge is 0.466 e. The van der Waals surface area contributed by atoms with Crippen LogP contribution in [-0.4, -0.2) is 58.7 Å².